The fraction of sp³-hybridized carbons (Fsp3) is 0.105. The molecule has 0 radical (unpaired) electrons. The molecule has 0 bridgehead atoms. The number of phenols is 1. The molecule has 5 nitrogen and oxygen atoms in total. The van der Waals surface area contributed by atoms with Crippen LogP contribution in [-0.4, -0.2) is 31.3 Å². The fourth-order valence-corrected chi connectivity index (χ4v) is 3.26. The minimum atomic E-state index is -2.52. The molecule has 0 saturated carbocycles. The van der Waals surface area contributed by atoms with E-state index in [0.29, 0.717) is 32.3 Å². The molecule has 2 heterocycles. The predicted octanol–water partition coefficient (Wildman–Crippen LogP) is 4.89. The highest BCUT2D eigenvalue weighted by molar-refractivity contribution is 9.10. The zero-order valence-electron chi connectivity index (χ0n) is 13.9. The van der Waals surface area contributed by atoms with Gasteiger partial charge in [-0.1, -0.05) is 30.3 Å². The Hall–Kier alpha value is -2.87. The zero-order chi connectivity index (χ0) is 19.0. The summed E-state index contributed by atoms with van der Waals surface area (Å²) in [7, 11) is 0. The van der Waals surface area contributed by atoms with Gasteiger partial charge in [-0.05, 0) is 22.0 Å². The Morgan fingerprint density at radius 1 is 1.07 bits per heavy atom. The van der Waals surface area contributed by atoms with E-state index in [-0.39, 0.29) is 5.75 Å². The monoisotopic (exact) mass is 430 g/mol. The summed E-state index contributed by atoms with van der Waals surface area (Å²) in [5.41, 5.74) is 3.07. The van der Waals surface area contributed by atoms with Gasteiger partial charge in [-0.3, -0.25) is 4.68 Å². The van der Waals surface area contributed by atoms with Crippen LogP contribution in [0.25, 0.3) is 33.4 Å². The van der Waals surface area contributed by atoms with Gasteiger partial charge in [0, 0.05) is 28.8 Å². The Kier molecular flexibility index (Phi) is 4.57. The first-order chi connectivity index (χ1) is 13.0. The Balaban J connectivity index is 1.97. The van der Waals surface area contributed by atoms with Gasteiger partial charge in [-0.2, -0.15) is 5.10 Å². The molecule has 0 aliphatic carbocycles. The number of aromatic nitrogens is 4. The molecule has 4 rings (SSSR count). The molecular weight excluding hydrogens is 418 g/mol. The van der Waals surface area contributed by atoms with Crippen LogP contribution < -0.4 is 0 Å². The average Bonchev–Trinajstić information content (AvgIpc) is 3.06. The second kappa shape index (κ2) is 7.03. The summed E-state index contributed by atoms with van der Waals surface area (Å²) in [5, 5.41) is 14.9. The molecule has 0 saturated heterocycles. The van der Waals surface area contributed by atoms with Crippen LogP contribution in [0.1, 0.15) is 0 Å². The molecule has 8 heteroatoms. The van der Waals surface area contributed by atoms with Crippen LogP contribution in [0.3, 0.4) is 0 Å². The number of nitrogens with zero attached hydrogens (tertiary/aromatic N) is 4. The van der Waals surface area contributed by atoms with E-state index < -0.39 is 13.0 Å². The van der Waals surface area contributed by atoms with E-state index in [0.717, 1.165) is 5.56 Å². The number of fused-ring (bicyclic) bond motifs is 1. The van der Waals surface area contributed by atoms with Crippen LogP contribution in [0.15, 0.2) is 59.5 Å². The summed E-state index contributed by atoms with van der Waals surface area (Å²) in [6.07, 6.45) is 0.427. The lowest BCUT2D eigenvalue weighted by Crippen LogP contribution is -2.06. The maximum Gasteiger partial charge on any atom is 0.257 e. The Labute approximate surface area is 161 Å². The molecule has 0 unspecified atom stereocenters. The van der Waals surface area contributed by atoms with Gasteiger partial charge in [0.25, 0.3) is 6.43 Å². The van der Waals surface area contributed by atoms with Crippen molar-refractivity contribution in [3.8, 4) is 28.3 Å². The van der Waals surface area contributed by atoms with Crippen molar-refractivity contribution in [1.82, 2.24) is 19.7 Å². The molecule has 136 valence electrons. The first kappa shape index (κ1) is 17.5. The third-order valence-electron chi connectivity index (χ3n) is 4.09. The zero-order valence-corrected chi connectivity index (χ0v) is 15.4. The SMILES string of the molecule is Oc1cc2ncnc(-c3cn(CC(F)F)nc3-c3ccccc3)c2cc1Br. The van der Waals surface area contributed by atoms with E-state index in [9.17, 15) is 13.9 Å². The van der Waals surface area contributed by atoms with Gasteiger partial charge in [0.05, 0.1) is 15.7 Å². The quantitative estimate of drug-likeness (QED) is 0.500. The molecule has 0 amide bonds. The molecule has 4 aromatic rings. The molecular formula is C19H13BrF2N4O. The minimum absolute atomic E-state index is 0.0591. The van der Waals surface area contributed by atoms with E-state index in [1.54, 1.807) is 12.3 Å². The number of benzene rings is 2. The van der Waals surface area contributed by atoms with Crippen molar-refractivity contribution in [2.24, 2.45) is 0 Å². The number of aromatic hydroxyl groups is 1. The minimum Gasteiger partial charge on any atom is -0.507 e. The number of halogens is 3. The van der Waals surface area contributed by atoms with Crippen molar-refractivity contribution in [1.29, 1.82) is 0 Å². The number of phenolic OH excluding ortho intramolecular Hbond substituents is 1. The highest BCUT2D eigenvalue weighted by atomic mass is 79.9. The third-order valence-corrected chi connectivity index (χ3v) is 4.73. The lowest BCUT2D eigenvalue weighted by molar-refractivity contribution is 0.122. The smallest absolute Gasteiger partial charge is 0.257 e. The van der Waals surface area contributed by atoms with E-state index >= 15 is 0 Å². The second-order valence-corrected chi connectivity index (χ2v) is 6.77. The van der Waals surface area contributed by atoms with Gasteiger partial charge in [-0.25, -0.2) is 18.7 Å². The van der Waals surface area contributed by atoms with E-state index in [1.165, 1.54) is 17.1 Å². The lowest BCUT2D eigenvalue weighted by Gasteiger charge is -2.07. The van der Waals surface area contributed by atoms with Crippen LogP contribution in [0.4, 0.5) is 8.78 Å². The summed E-state index contributed by atoms with van der Waals surface area (Å²) >= 11 is 3.30. The second-order valence-electron chi connectivity index (χ2n) is 5.91. The van der Waals surface area contributed by atoms with Gasteiger partial charge < -0.3 is 5.11 Å². The molecule has 2 aromatic carbocycles. The molecule has 2 aromatic heterocycles. The van der Waals surface area contributed by atoms with E-state index in [2.05, 4.69) is 31.0 Å². The fourth-order valence-electron chi connectivity index (χ4n) is 2.92. The van der Waals surface area contributed by atoms with Crippen LogP contribution in [0.2, 0.25) is 0 Å². The Bertz CT molecular complexity index is 1120. The highest BCUT2D eigenvalue weighted by Gasteiger charge is 2.19. The largest absolute Gasteiger partial charge is 0.507 e. The van der Waals surface area contributed by atoms with Crippen molar-refractivity contribution >= 4 is 26.8 Å². The van der Waals surface area contributed by atoms with Gasteiger partial charge in [0.2, 0.25) is 0 Å². The standard InChI is InChI=1S/C19H13BrF2N4O/c20-14-6-12-15(7-16(14)27)23-10-24-19(12)13-8-26(9-17(21)22)25-18(13)11-4-2-1-3-5-11/h1-8,10,17,27H,9H2. The maximum atomic E-state index is 12.9. The van der Waals surface area contributed by atoms with Gasteiger partial charge in [-0.15, -0.1) is 0 Å². The average molecular weight is 431 g/mol. The van der Waals surface area contributed by atoms with Gasteiger partial charge in [0.15, 0.2) is 0 Å². The van der Waals surface area contributed by atoms with E-state index in [4.69, 9.17) is 0 Å². The van der Waals surface area contributed by atoms with Crippen LogP contribution in [0.5, 0.6) is 5.75 Å². The van der Waals surface area contributed by atoms with Crippen molar-refractivity contribution in [3.05, 3.63) is 59.5 Å². The summed E-state index contributed by atoms with van der Waals surface area (Å²) < 4.78 is 27.5. The third kappa shape index (κ3) is 3.40. The van der Waals surface area contributed by atoms with Crippen molar-refractivity contribution in [2.75, 3.05) is 0 Å². The predicted molar refractivity (Wildman–Crippen MR) is 102 cm³/mol. The normalized spacial score (nSPS) is 11.4. The summed E-state index contributed by atoms with van der Waals surface area (Å²) in [4.78, 5) is 8.56. The van der Waals surface area contributed by atoms with Crippen LogP contribution >= 0.6 is 15.9 Å². The Morgan fingerprint density at radius 2 is 1.85 bits per heavy atom. The summed E-state index contributed by atoms with van der Waals surface area (Å²) in [5.74, 6) is 0.0591. The number of alkyl halides is 2. The molecule has 0 fully saturated rings. The number of hydrogen-bond donors (Lipinski definition) is 1. The van der Waals surface area contributed by atoms with E-state index in [1.807, 2.05) is 30.3 Å². The molecule has 27 heavy (non-hydrogen) atoms. The van der Waals surface area contributed by atoms with Crippen molar-refractivity contribution < 1.29 is 13.9 Å². The van der Waals surface area contributed by atoms with Crippen molar-refractivity contribution in [2.45, 2.75) is 13.0 Å². The van der Waals surface area contributed by atoms with Gasteiger partial charge in [0.1, 0.15) is 24.3 Å². The number of hydrogen-bond acceptors (Lipinski definition) is 4. The molecule has 0 aliphatic rings. The topological polar surface area (TPSA) is 63.8 Å². The molecule has 1 N–H and O–H groups in total. The Morgan fingerprint density at radius 3 is 2.59 bits per heavy atom. The maximum absolute atomic E-state index is 12.9. The molecule has 0 spiro atoms. The van der Waals surface area contributed by atoms with Gasteiger partial charge >= 0.3 is 0 Å². The number of rotatable bonds is 4. The van der Waals surface area contributed by atoms with Crippen molar-refractivity contribution in [3.63, 3.8) is 0 Å². The summed E-state index contributed by atoms with van der Waals surface area (Å²) in [6, 6.07) is 12.6. The highest BCUT2D eigenvalue weighted by Crippen LogP contribution is 2.36. The van der Waals surface area contributed by atoms with Crippen LogP contribution in [-0.2, 0) is 6.54 Å². The summed E-state index contributed by atoms with van der Waals surface area (Å²) in [6.45, 7) is -0.507. The first-order valence-corrected chi connectivity index (χ1v) is 8.87. The first-order valence-electron chi connectivity index (χ1n) is 8.07. The molecule has 0 aliphatic heterocycles. The molecule has 0 atom stereocenters. The van der Waals surface area contributed by atoms with Crippen LogP contribution in [0, 0.1) is 0 Å². The lowest BCUT2D eigenvalue weighted by atomic mass is 10.0.